The molecule has 1 amide bonds. The van der Waals surface area contributed by atoms with Crippen LogP contribution >= 0.6 is 0 Å². The number of fused-ring (bicyclic) bond motifs is 1. The lowest BCUT2D eigenvalue weighted by atomic mass is 9.98. The number of amides is 1. The van der Waals surface area contributed by atoms with Crippen LogP contribution in [0.25, 0.3) is 11.0 Å². The van der Waals surface area contributed by atoms with Crippen LogP contribution in [0.3, 0.4) is 0 Å². The predicted octanol–water partition coefficient (Wildman–Crippen LogP) is 3.83. The molecule has 0 fully saturated rings. The van der Waals surface area contributed by atoms with Crippen LogP contribution in [-0.4, -0.2) is 15.0 Å². The Kier molecular flexibility index (Phi) is 5.80. The van der Waals surface area contributed by atoms with Gasteiger partial charge in [0.15, 0.2) is 0 Å². The van der Waals surface area contributed by atoms with Gasteiger partial charge in [-0.1, -0.05) is 72.8 Å². The maximum absolute atomic E-state index is 12.8. The molecule has 152 valence electrons. The van der Waals surface area contributed by atoms with Gasteiger partial charge in [-0.3, -0.25) is 13.9 Å². The van der Waals surface area contributed by atoms with Crippen molar-refractivity contribution in [3.8, 4) is 0 Å². The minimum atomic E-state index is -0.120. The second kappa shape index (κ2) is 8.82. The SMILES string of the molecule is Cn1c(=O)n(CCC(=O)NC(Cc2ccccc2)c2ccccc2)c2ccccc21. The molecular formula is C25H25N3O2. The normalized spacial score (nSPS) is 12.0. The van der Waals surface area contributed by atoms with Crippen LogP contribution in [0.4, 0.5) is 0 Å². The molecule has 0 saturated heterocycles. The van der Waals surface area contributed by atoms with Crippen molar-refractivity contribution >= 4 is 16.9 Å². The number of aromatic nitrogens is 2. The minimum absolute atomic E-state index is 0.0698. The molecule has 0 spiro atoms. The second-order valence-corrected chi connectivity index (χ2v) is 7.45. The molecule has 0 aliphatic rings. The highest BCUT2D eigenvalue weighted by Crippen LogP contribution is 2.19. The molecule has 0 saturated carbocycles. The van der Waals surface area contributed by atoms with Crippen molar-refractivity contribution in [2.24, 2.45) is 7.05 Å². The molecule has 5 nitrogen and oxygen atoms in total. The van der Waals surface area contributed by atoms with E-state index >= 15 is 0 Å². The van der Waals surface area contributed by atoms with Gasteiger partial charge in [0, 0.05) is 20.0 Å². The summed E-state index contributed by atoms with van der Waals surface area (Å²) in [5.41, 5.74) is 3.85. The molecule has 0 bridgehead atoms. The van der Waals surface area contributed by atoms with Crippen molar-refractivity contribution in [3.63, 3.8) is 0 Å². The minimum Gasteiger partial charge on any atom is -0.349 e. The molecule has 1 N–H and O–H groups in total. The molecule has 1 unspecified atom stereocenters. The third-order valence-electron chi connectivity index (χ3n) is 5.43. The van der Waals surface area contributed by atoms with Gasteiger partial charge in [-0.05, 0) is 29.7 Å². The van der Waals surface area contributed by atoms with E-state index in [9.17, 15) is 9.59 Å². The van der Waals surface area contributed by atoms with Crippen LogP contribution in [-0.2, 0) is 24.8 Å². The number of benzene rings is 3. The monoisotopic (exact) mass is 399 g/mol. The number of rotatable bonds is 7. The number of carbonyl (C=O) groups excluding carboxylic acids is 1. The maximum atomic E-state index is 12.8. The number of imidazole rings is 1. The molecule has 4 aromatic rings. The van der Waals surface area contributed by atoms with Crippen LogP contribution < -0.4 is 11.0 Å². The largest absolute Gasteiger partial charge is 0.349 e. The van der Waals surface area contributed by atoms with Crippen LogP contribution in [0.2, 0.25) is 0 Å². The first-order valence-electron chi connectivity index (χ1n) is 10.2. The average Bonchev–Trinajstić information content (AvgIpc) is 3.03. The van der Waals surface area contributed by atoms with Gasteiger partial charge in [-0.15, -0.1) is 0 Å². The van der Waals surface area contributed by atoms with E-state index in [-0.39, 0.29) is 24.1 Å². The van der Waals surface area contributed by atoms with Gasteiger partial charge in [0.05, 0.1) is 17.1 Å². The summed E-state index contributed by atoms with van der Waals surface area (Å²) in [7, 11) is 1.76. The summed E-state index contributed by atoms with van der Waals surface area (Å²) in [6.07, 6.45) is 0.955. The zero-order chi connectivity index (χ0) is 20.9. The Morgan fingerprint density at radius 1 is 0.867 bits per heavy atom. The summed E-state index contributed by atoms with van der Waals surface area (Å²) < 4.78 is 3.29. The first kappa shape index (κ1) is 19.7. The molecule has 1 aromatic heterocycles. The van der Waals surface area contributed by atoms with Crippen molar-refractivity contribution in [1.82, 2.24) is 14.5 Å². The highest BCUT2D eigenvalue weighted by atomic mass is 16.2. The lowest BCUT2D eigenvalue weighted by molar-refractivity contribution is -0.122. The summed E-state index contributed by atoms with van der Waals surface area (Å²) in [6, 6.07) is 27.7. The molecule has 0 aliphatic carbocycles. The lowest BCUT2D eigenvalue weighted by Gasteiger charge is -2.20. The zero-order valence-corrected chi connectivity index (χ0v) is 17.0. The Labute approximate surface area is 175 Å². The van der Waals surface area contributed by atoms with Gasteiger partial charge in [0.1, 0.15) is 0 Å². The zero-order valence-electron chi connectivity index (χ0n) is 17.0. The lowest BCUT2D eigenvalue weighted by Crippen LogP contribution is -2.32. The van der Waals surface area contributed by atoms with Crippen LogP contribution in [0.5, 0.6) is 0 Å². The number of para-hydroxylation sites is 2. The first-order valence-corrected chi connectivity index (χ1v) is 10.2. The van der Waals surface area contributed by atoms with Gasteiger partial charge in [-0.2, -0.15) is 0 Å². The Morgan fingerprint density at radius 2 is 1.47 bits per heavy atom. The molecule has 1 atom stereocenters. The standard InChI is InChI=1S/C25H25N3O2/c1-27-22-14-8-9-15-23(22)28(25(27)30)17-16-24(29)26-21(20-12-6-3-7-13-20)18-19-10-4-2-5-11-19/h2-15,21H,16-18H2,1H3,(H,26,29). The van der Waals surface area contributed by atoms with Crippen molar-refractivity contribution in [2.75, 3.05) is 0 Å². The van der Waals surface area contributed by atoms with E-state index in [1.807, 2.05) is 72.8 Å². The Bertz CT molecular complexity index is 1190. The van der Waals surface area contributed by atoms with E-state index in [1.54, 1.807) is 16.2 Å². The number of hydrogen-bond donors (Lipinski definition) is 1. The fourth-order valence-electron chi connectivity index (χ4n) is 3.85. The van der Waals surface area contributed by atoms with E-state index in [0.717, 1.165) is 22.2 Å². The maximum Gasteiger partial charge on any atom is 0.328 e. The molecule has 1 heterocycles. The number of carbonyl (C=O) groups is 1. The molecule has 30 heavy (non-hydrogen) atoms. The molecule has 3 aromatic carbocycles. The topological polar surface area (TPSA) is 56.0 Å². The van der Waals surface area contributed by atoms with Crippen molar-refractivity contribution < 1.29 is 4.79 Å². The van der Waals surface area contributed by atoms with E-state index in [4.69, 9.17) is 0 Å². The van der Waals surface area contributed by atoms with E-state index < -0.39 is 0 Å². The molecule has 5 heteroatoms. The number of hydrogen-bond acceptors (Lipinski definition) is 2. The highest BCUT2D eigenvalue weighted by molar-refractivity contribution is 5.78. The van der Waals surface area contributed by atoms with Crippen LogP contribution in [0.1, 0.15) is 23.6 Å². The molecular weight excluding hydrogens is 374 g/mol. The Morgan fingerprint density at radius 3 is 2.17 bits per heavy atom. The van der Waals surface area contributed by atoms with E-state index in [1.165, 1.54) is 0 Å². The van der Waals surface area contributed by atoms with Crippen molar-refractivity contribution in [1.29, 1.82) is 0 Å². The van der Waals surface area contributed by atoms with Gasteiger partial charge < -0.3 is 5.32 Å². The molecule has 0 aliphatic heterocycles. The van der Waals surface area contributed by atoms with Crippen molar-refractivity contribution in [3.05, 3.63) is 107 Å². The first-order chi connectivity index (χ1) is 14.6. The van der Waals surface area contributed by atoms with E-state index in [2.05, 4.69) is 17.4 Å². The smallest absolute Gasteiger partial charge is 0.328 e. The fraction of sp³-hybridized carbons (Fsp3) is 0.200. The summed E-state index contributed by atoms with van der Waals surface area (Å²) >= 11 is 0. The molecule has 4 rings (SSSR count). The third-order valence-corrected chi connectivity index (χ3v) is 5.43. The van der Waals surface area contributed by atoms with Gasteiger partial charge in [0.25, 0.3) is 0 Å². The highest BCUT2D eigenvalue weighted by Gasteiger charge is 2.16. The van der Waals surface area contributed by atoms with Crippen molar-refractivity contribution in [2.45, 2.75) is 25.4 Å². The predicted molar refractivity (Wildman–Crippen MR) is 119 cm³/mol. The Balaban J connectivity index is 1.50. The quantitative estimate of drug-likeness (QED) is 0.513. The number of aryl methyl sites for hydroxylation is 2. The fourth-order valence-corrected chi connectivity index (χ4v) is 3.85. The summed E-state index contributed by atoms with van der Waals surface area (Å²) in [6.45, 7) is 0.346. The van der Waals surface area contributed by atoms with Gasteiger partial charge >= 0.3 is 5.69 Å². The Hall–Kier alpha value is -3.60. The number of nitrogens with one attached hydrogen (secondary N) is 1. The van der Waals surface area contributed by atoms with Crippen LogP contribution in [0, 0.1) is 0 Å². The summed E-state index contributed by atoms with van der Waals surface area (Å²) in [4.78, 5) is 25.4. The summed E-state index contributed by atoms with van der Waals surface area (Å²) in [5, 5.41) is 3.17. The summed E-state index contributed by atoms with van der Waals surface area (Å²) in [5.74, 6) is -0.0698. The van der Waals surface area contributed by atoms with Gasteiger partial charge in [-0.25, -0.2) is 4.79 Å². The van der Waals surface area contributed by atoms with Gasteiger partial charge in [0.2, 0.25) is 5.91 Å². The van der Waals surface area contributed by atoms with Crippen LogP contribution in [0.15, 0.2) is 89.7 Å². The average molecular weight is 399 g/mol. The molecule has 0 radical (unpaired) electrons. The second-order valence-electron chi connectivity index (χ2n) is 7.45. The van der Waals surface area contributed by atoms with E-state index in [0.29, 0.717) is 13.0 Å². The number of nitrogens with zero attached hydrogens (tertiary/aromatic N) is 2. The third kappa shape index (κ3) is 4.20.